The van der Waals surface area contributed by atoms with Crippen LogP contribution in [0.3, 0.4) is 0 Å². The molecule has 204 valence electrons. The molecule has 0 radical (unpaired) electrons. The van der Waals surface area contributed by atoms with Crippen LogP contribution in [0.1, 0.15) is 54.0 Å². The van der Waals surface area contributed by atoms with Crippen LogP contribution in [0.5, 0.6) is 0 Å². The molecule has 0 bridgehead atoms. The molecule has 0 aromatic heterocycles. The van der Waals surface area contributed by atoms with Crippen molar-refractivity contribution >= 4 is 17.4 Å². The number of carbonyl (C=O) groups is 1. The topological polar surface area (TPSA) is 53.3 Å². The van der Waals surface area contributed by atoms with E-state index in [1.165, 1.54) is 13.0 Å². The van der Waals surface area contributed by atoms with Crippen molar-refractivity contribution in [2.24, 2.45) is 0 Å². The van der Waals surface area contributed by atoms with Crippen molar-refractivity contribution in [2.45, 2.75) is 50.8 Å². The zero-order valence-corrected chi connectivity index (χ0v) is 19.7. The summed E-state index contributed by atoms with van der Waals surface area (Å²) in [7, 11) is 0. The summed E-state index contributed by atoms with van der Waals surface area (Å²) in [6, 6.07) is 3.55. The van der Waals surface area contributed by atoms with Gasteiger partial charge >= 0.3 is 24.6 Å². The highest BCUT2D eigenvalue weighted by Gasteiger charge is 2.40. The standard InChI is InChI=1S/C25H19F9N2O2/c1-3-17-11-18(19-10-14(23(26,27)28)5-6-21(19)36(17)22(37)38-4-2)20(12-35)13-7-15(24(29,30)31)9-16(8-13)25(32,33)34/h5-11,17,20H,3-4H2,1-2H3/t17-,20-/m0/s1. The number of rotatable bonds is 4. The van der Waals surface area contributed by atoms with Crippen LogP contribution in [0, 0.1) is 11.3 Å². The molecular formula is C25H19F9N2O2. The third kappa shape index (κ3) is 5.74. The monoisotopic (exact) mass is 550 g/mol. The van der Waals surface area contributed by atoms with Gasteiger partial charge in [-0.15, -0.1) is 0 Å². The summed E-state index contributed by atoms with van der Waals surface area (Å²) in [6.07, 6.45) is -14.9. The summed E-state index contributed by atoms with van der Waals surface area (Å²) in [4.78, 5) is 13.7. The van der Waals surface area contributed by atoms with E-state index in [0.29, 0.717) is 24.3 Å². The first kappa shape index (κ1) is 28.9. The highest BCUT2D eigenvalue weighted by molar-refractivity contribution is 5.97. The number of ether oxygens (including phenoxy) is 1. The first-order valence-corrected chi connectivity index (χ1v) is 11.1. The second-order valence-electron chi connectivity index (χ2n) is 8.30. The van der Waals surface area contributed by atoms with E-state index in [2.05, 4.69) is 0 Å². The van der Waals surface area contributed by atoms with Crippen LogP contribution in [0.2, 0.25) is 0 Å². The van der Waals surface area contributed by atoms with E-state index in [9.17, 15) is 49.6 Å². The fraction of sp³-hybridized carbons (Fsp3) is 0.360. The van der Waals surface area contributed by atoms with E-state index in [4.69, 9.17) is 4.74 Å². The van der Waals surface area contributed by atoms with E-state index in [-0.39, 0.29) is 35.9 Å². The van der Waals surface area contributed by atoms with Crippen molar-refractivity contribution in [1.29, 1.82) is 5.26 Å². The lowest BCUT2D eigenvalue weighted by Gasteiger charge is -2.36. The van der Waals surface area contributed by atoms with Gasteiger partial charge in [-0.05, 0) is 60.9 Å². The van der Waals surface area contributed by atoms with Crippen LogP contribution < -0.4 is 4.90 Å². The van der Waals surface area contributed by atoms with E-state index < -0.39 is 58.8 Å². The fourth-order valence-corrected chi connectivity index (χ4v) is 4.15. The second kappa shape index (κ2) is 10.2. The first-order valence-electron chi connectivity index (χ1n) is 11.1. The number of allylic oxidation sites excluding steroid dienone is 1. The number of amides is 1. The number of halogens is 9. The highest BCUT2D eigenvalue weighted by Crippen LogP contribution is 2.46. The Hall–Kier alpha value is -3.69. The Morgan fingerprint density at radius 3 is 1.92 bits per heavy atom. The van der Waals surface area contributed by atoms with Gasteiger partial charge in [0.25, 0.3) is 0 Å². The molecule has 0 fully saturated rings. The summed E-state index contributed by atoms with van der Waals surface area (Å²) in [6.45, 7) is 3.01. The summed E-state index contributed by atoms with van der Waals surface area (Å²) in [5.41, 5.74) is -6.03. The molecule has 1 heterocycles. The SMILES string of the molecule is CCOC(=O)N1c2ccc(C(F)(F)F)cc2C([C@@H](C#N)c2cc(C(F)(F)F)cc(C(F)(F)F)c2)=C[C@@H]1CC. The lowest BCUT2D eigenvalue weighted by Crippen LogP contribution is -2.42. The zero-order valence-electron chi connectivity index (χ0n) is 19.7. The molecule has 2 aromatic rings. The molecule has 0 unspecified atom stereocenters. The van der Waals surface area contributed by atoms with Crippen LogP contribution in [-0.2, 0) is 23.3 Å². The molecule has 2 aromatic carbocycles. The van der Waals surface area contributed by atoms with Gasteiger partial charge in [0.15, 0.2) is 0 Å². The van der Waals surface area contributed by atoms with Gasteiger partial charge in [0.2, 0.25) is 0 Å². The molecule has 1 amide bonds. The molecule has 4 nitrogen and oxygen atoms in total. The molecule has 0 spiro atoms. The van der Waals surface area contributed by atoms with E-state index in [1.54, 1.807) is 13.0 Å². The van der Waals surface area contributed by atoms with Crippen molar-refractivity contribution in [3.8, 4) is 6.07 Å². The molecule has 0 saturated heterocycles. The molecule has 1 aliphatic heterocycles. The quantitative estimate of drug-likeness (QED) is 0.361. The zero-order chi connectivity index (χ0) is 28.6. The number of anilines is 1. The molecule has 38 heavy (non-hydrogen) atoms. The van der Waals surface area contributed by atoms with Gasteiger partial charge in [0.1, 0.15) is 0 Å². The van der Waals surface area contributed by atoms with Gasteiger partial charge < -0.3 is 4.74 Å². The fourth-order valence-electron chi connectivity index (χ4n) is 4.15. The van der Waals surface area contributed by atoms with Crippen molar-refractivity contribution < 1.29 is 49.0 Å². The number of hydrogen-bond donors (Lipinski definition) is 0. The molecular weight excluding hydrogens is 531 g/mol. The van der Waals surface area contributed by atoms with Crippen molar-refractivity contribution in [3.05, 3.63) is 70.3 Å². The van der Waals surface area contributed by atoms with Crippen LogP contribution in [0.25, 0.3) is 5.57 Å². The summed E-state index contributed by atoms with van der Waals surface area (Å²) in [5.74, 6) is -1.83. The molecule has 3 rings (SSSR count). The maximum absolute atomic E-state index is 13.5. The maximum atomic E-state index is 13.5. The minimum absolute atomic E-state index is 0.0798. The van der Waals surface area contributed by atoms with E-state index >= 15 is 0 Å². The number of nitriles is 1. The van der Waals surface area contributed by atoms with Crippen LogP contribution in [-0.4, -0.2) is 18.7 Å². The Labute approximate surface area is 210 Å². The maximum Gasteiger partial charge on any atom is 0.416 e. The predicted molar refractivity (Wildman–Crippen MR) is 118 cm³/mol. The average Bonchev–Trinajstić information content (AvgIpc) is 2.82. The Morgan fingerprint density at radius 1 is 0.921 bits per heavy atom. The number of fused-ring (bicyclic) bond motifs is 1. The molecule has 2 atom stereocenters. The molecule has 0 aliphatic carbocycles. The second-order valence-corrected chi connectivity index (χ2v) is 8.30. The number of hydrogen-bond acceptors (Lipinski definition) is 3. The van der Waals surface area contributed by atoms with E-state index in [1.807, 2.05) is 0 Å². The van der Waals surface area contributed by atoms with Gasteiger partial charge in [-0.2, -0.15) is 44.8 Å². The summed E-state index contributed by atoms with van der Waals surface area (Å²) in [5, 5.41) is 9.91. The van der Waals surface area contributed by atoms with Gasteiger partial charge in [-0.25, -0.2) is 4.79 Å². The largest absolute Gasteiger partial charge is 0.449 e. The smallest absolute Gasteiger partial charge is 0.416 e. The minimum Gasteiger partial charge on any atom is -0.449 e. The predicted octanol–water partition coefficient (Wildman–Crippen LogP) is 8.19. The van der Waals surface area contributed by atoms with Gasteiger partial charge in [0.05, 0.1) is 47.0 Å². The number of alkyl halides is 9. The molecule has 0 saturated carbocycles. The van der Waals surface area contributed by atoms with Crippen LogP contribution in [0.4, 0.5) is 50.0 Å². The highest BCUT2D eigenvalue weighted by atomic mass is 19.4. The average molecular weight is 550 g/mol. The third-order valence-electron chi connectivity index (χ3n) is 5.86. The summed E-state index contributed by atoms with van der Waals surface area (Å²) < 4.78 is 126. The van der Waals surface area contributed by atoms with Crippen LogP contribution >= 0.6 is 0 Å². The first-order chi connectivity index (χ1) is 17.5. The Morgan fingerprint density at radius 2 is 1.47 bits per heavy atom. The van der Waals surface area contributed by atoms with Gasteiger partial charge in [0, 0.05) is 5.56 Å². The number of nitrogens with zero attached hydrogens (tertiary/aromatic N) is 2. The summed E-state index contributed by atoms with van der Waals surface area (Å²) >= 11 is 0. The van der Waals surface area contributed by atoms with E-state index in [0.717, 1.165) is 11.0 Å². The van der Waals surface area contributed by atoms with Gasteiger partial charge in [-0.1, -0.05) is 13.0 Å². The Kier molecular flexibility index (Phi) is 7.77. The molecule has 13 heteroatoms. The van der Waals surface area contributed by atoms with Crippen molar-refractivity contribution in [3.63, 3.8) is 0 Å². The normalized spacial score (nSPS) is 16.8. The Bertz CT molecular complexity index is 1260. The van der Waals surface area contributed by atoms with Crippen molar-refractivity contribution in [1.82, 2.24) is 0 Å². The third-order valence-corrected chi connectivity index (χ3v) is 5.86. The van der Waals surface area contributed by atoms with Crippen LogP contribution in [0.15, 0.2) is 42.5 Å². The lowest BCUT2D eigenvalue weighted by molar-refractivity contribution is -0.143. The molecule has 1 aliphatic rings. The minimum atomic E-state index is -5.20. The molecule has 0 N–H and O–H groups in total. The lowest BCUT2D eigenvalue weighted by atomic mass is 9.81. The number of carbonyl (C=O) groups excluding carboxylic acids is 1. The number of benzene rings is 2. The van der Waals surface area contributed by atoms with Crippen molar-refractivity contribution in [2.75, 3.05) is 11.5 Å². The Balaban J connectivity index is 2.32. The van der Waals surface area contributed by atoms with Gasteiger partial charge in [-0.3, -0.25) is 4.90 Å².